The Morgan fingerprint density at radius 3 is 2.73 bits per heavy atom. The smallest absolute Gasteiger partial charge is 0.343 e. The van der Waals surface area contributed by atoms with Crippen molar-refractivity contribution in [1.82, 2.24) is 4.90 Å². The third kappa shape index (κ3) is 4.90. The van der Waals surface area contributed by atoms with Crippen LogP contribution in [0.25, 0.3) is 6.08 Å². The van der Waals surface area contributed by atoms with Crippen LogP contribution in [-0.2, 0) is 20.9 Å². The average molecular weight is 487 g/mol. The SMILES string of the molecule is COC(=O)COc1ccc(/C=C2/SC(=O)N(Cc3ccccc3C#N)C2=O)cc1Br. The number of nitrogens with zero attached hydrogens (tertiary/aromatic N) is 2. The van der Waals surface area contributed by atoms with E-state index in [1.54, 1.807) is 48.5 Å². The van der Waals surface area contributed by atoms with Crippen LogP contribution in [0.5, 0.6) is 5.75 Å². The lowest BCUT2D eigenvalue weighted by Crippen LogP contribution is -2.27. The van der Waals surface area contributed by atoms with E-state index in [9.17, 15) is 19.6 Å². The van der Waals surface area contributed by atoms with Gasteiger partial charge in [0, 0.05) is 0 Å². The van der Waals surface area contributed by atoms with Gasteiger partial charge in [0.05, 0.1) is 34.7 Å². The molecule has 0 atom stereocenters. The van der Waals surface area contributed by atoms with Crippen molar-refractivity contribution in [2.24, 2.45) is 0 Å². The highest BCUT2D eigenvalue weighted by molar-refractivity contribution is 9.10. The molecule has 3 rings (SSSR count). The molecule has 0 aliphatic carbocycles. The average Bonchev–Trinajstić information content (AvgIpc) is 3.00. The molecule has 1 fully saturated rings. The molecule has 0 aromatic heterocycles. The summed E-state index contributed by atoms with van der Waals surface area (Å²) in [5, 5.41) is 8.81. The Kier molecular flexibility index (Phi) is 6.92. The van der Waals surface area contributed by atoms with E-state index < -0.39 is 17.1 Å². The summed E-state index contributed by atoms with van der Waals surface area (Å²) in [7, 11) is 1.27. The van der Waals surface area contributed by atoms with Gasteiger partial charge >= 0.3 is 5.97 Å². The molecule has 30 heavy (non-hydrogen) atoms. The van der Waals surface area contributed by atoms with Gasteiger partial charge in [-0.05, 0) is 63.1 Å². The Bertz CT molecular complexity index is 1090. The Hall–Kier alpha value is -3.09. The largest absolute Gasteiger partial charge is 0.481 e. The van der Waals surface area contributed by atoms with Crippen LogP contribution in [0.1, 0.15) is 16.7 Å². The molecule has 2 aromatic rings. The van der Waals surface area contributed by atoms with Crippen LogP contribution in [0.3, 0.4) is 0 Å². The lowest BCUT2D eigenvalue weighted by atomic mass is 10.1. The second-order valence-corrected chi connectivity index (χ2v) is 7.94. The summed E-state index contributed by atoms with van der Waals surface area (Å²) in [6, 6.07) is 14.0. The third-order valence-electron chi connectivity index (χ3n) is 4.17. The first-order chi connectivity index (χ1) is 14.4. The number of methoxy groups -OCH3 is 1. The van der Waals surface area contributed by atoms with Gasteiger partial charge in [-0.2, -0.15) is 5.26 Å². The summed E-state index contributed by atoms with van der Waals surface area (Å²) in [4.78, 5) is 37.7. The maximum atomic E-state index is 12.7. The zero-order chi connectivity index (χ0) is 21.7. The fourth-order valence-electron chi connectivity index (χ4n) is 2.64. The number of carbonyl (C=O) groups is 3. The van der Waals surface area contributed by atoms with Crippen molar-refractivity contribution in [3.63, 3.8) is 0 Å². The quantitative estimate of drug-likeness (QED) is 0.447. The summed E-state index contributed by atoms with van der Waals surface area (Å²) >= 11 is 4.21. The van der Waals surface area contributed by atoms with E-state index in [1.165, 1.54) is 7.11 Å². The maximum Gasteiger partial charge on any atom is 0.343 e. The maximum absolute atomic E-state index is 12.7. The van der Waals surface area contributed by atoms with Gasteiger partial charge in [-0.1, -0.05) is 24.3 Å². The second-order valence-electron chi connectivity index (χ2n) is 6.09. The number of rotatable bonds is 6. The van der Waals surface area contributed by atoms with Crippen LogP contribution in [0.2, 0.25) is 0 Å². The summed E-state index contributed by atoms with van der Waals surface area (Å²) < 4.78 is 10.5. The molecule has 0 unspecified atom stereocenters. The predicted molar refractivity (Wildman–Crippen MR) is 114 cm³/mol. The number of nitriles is 1. The number of ether oxygens (including phenoxy) is 2. The number of hydrogen-bond acceptors (Lipinski definition) is 7. The minimum absolute atomic E-state index is 0.0374. The Labute approximate surface area is 185 Å². The molecule has 2 amide bonds. The fraction of sp³-hybridized carbons (Fsp3) is 0.143. The number of esters is 1. The monoisotopic (exact) mass is 486 g/mol. The van der Waals surface area contributed by atoms with Crippen LogP contribution >= 0.6 is 27.7 Å². The molecule has 0 spiro atoms. The van der Waals surface area contributed by atoms with Crippen LogP contribution < -0.4 is 4.74 Å². The van der Waals surface area contributed by atoms with Gasteiger partial charge in [0.2, 0.25) is 0 Å². The van der Waals surface area contributed by atoms with Crippen molar-refractivity contribution in [2.45, 2.75) is 6.54 Å². The zero-order valence-corrected chi connectivity index (χ0v) is 18.2. The van der Waals surface area contributed by atoms with E-state index in [-0.39, 0.29) is 18.1 Å². The number of amides is 2. The molecule has 1 heterocycles. The zero-order valence-electron chi connectivity index (χ0n) is 15.8. The minimum atomic E-state index is -0.502. The molecule has 9 heteroatoms. The molecule has 0 N–H and O–H groups in total. The van der Waals surface area contributed by atoms with Crippen LogP contribution in [0, 0.1) is 11.3 Å². The van der Waals surface area contributed by atoms with E-state index >= 15 is 0 Å². The highest BCUT2D eigenvalue weighted by Gasteiger charge is 2.35. The molecule has 1 aliphatic heterocycles. The van der Waals surface area contributed by atoms with Crippen molar-refractivity contribution in [3.05, 3.63) is 68.5 Å². The molecular weight excluding hydrogens is 472 g/mol. The number of imide groups is 1. The molecule has 2 aromatic carbocycles. The van der Waals surface area contributed by atoms with Gasteiger partial charge in [0.15, 0.2) is 6.61 Å². The predicted octanol–water partition coefficient (Wildman–Crippen LogP) is 4.11. The molecule has 7 nitrogen and oxygen atoms in total. The minimum Gasteiger partial charge on any atom is -0.481 e. The number of thioether (sulfide) groups is 1. The van der Waals surface area contributed by atoms with Crippen molar-refractivity contribution < 1.29 is 23.9 Å². The molecule has 0 saturated carbocycles. The highest BCUT2D eigenvalue weighted by Crippen LogP contribution is 2.35. The molecule has 1 saturated heterocycles. The van der Waals surface area contributed by atoms with Gasteiger partial charge in [0.25, 0.3) is 11.1 Å². The van der Waals surface area contributed by atoms with Gasteiger partial charge in [-0.3, -0.25) is 14.5 Å². The molecule has 0 radical (unpaired) electrons. The number of hydrogen-bond donors (Lipinski definition) is 0. The number of carbonyl (C=O) groups excluding carboxylic acids is 3. The van der Waals surface area contributed by atoms with Crippen molar-refractivity contribution in [1.29, 1.82) is 5.26 Å². The topological polar surface area (TPSA) is 96.7 Å². The van der Waals surface area contributed by atoms with E-state index in [0.717, 1.165) is 16.7 Å². The van der Waals surface area contributed by atoms with Gasteiger partial charge in [-0.15, -0.1) is 0 Å². The normalized spacial score (nSPS) is 14.7. The van der Waals surface area contributed by atoms with Gasteiger partial charge in [0.1, 0.15) is 5.75 Å². The Morgan fingerprint density at radius 2 is 2.03 bits per heavy atom. The summed E-state index contributed by atoms with van der Waals surface area (Å²) in [5.74, 6) is -0.476. The lowest BCUT2D eigenvalue weighted by molar-refractivity contribution is -0.142. The molecule has 1 aliphatic rings. The molecule has 152 valence electrons. The fourth-order valence-corrected chi connectivity index (χ4v) is 3.99. The van der Waals surface area contributed by atoms with Crippen LogP contribution in [-0.4, -0.2) is 35.7 Å². The highest BCUT2D eigenvalue weighted by atomic mass is 79.9. The van der Waals surface area contributed by atoms with Crippen molar-refractivity contribution in [2.75, 3.05) is 13.7 Å². The molecular formula is C21H15BrN2O5S. The van der Waals surface area contributed by atoms with E-state index in [0.29, 0.717) is 26.9 Å². The first-order valence-electron chi connectivity index (χ1n) is 8.65. The molecule has 0 bridgehead atoms. The summed E-state index contributed by atoms with van der Waals surface area (Å²) in [5.41, 5.74) is 1.71. The van der Waals surface area contributed by atoms with E-state index in [2.05, 4.69) is 26.7 Å². The van der Waals surface area contributed by atoms with Crippen molar-refractivity contribution in [3.8, 4) is 11.8 Å². The Balaban J connectivity index is 1.76. The van der Waals surface area contributed by atoms with Crippen LogP contribution in [0.15, 0.2) is 51.8 Å². The van der Waals surface area contributed by atoms with Crippen LogP contribution in [0.4, 0.5) is 4.79 Å². The standard InChI is InChI=1S/C21H15BrN2O5S/c1-28-19(25)12-29-17-7-6-13(8-16(17)22)9-18-20(26)24(21(27)30-18)11-15-5-3-2-4-14(15)10-23/h2-9H,11-12H2,1H3/b18-9+. The summed E-state index contributed by atoms with van der Waals surface area (Å²) in [6.45, 7) is -0.187. The first kappa shape index (κ1) is 21.6. The van der Waals surface area contributed by atoms with Gasteiger partial charge < -0.3 is 9.47 Å². The first-order valence-corrected chi connectivity index (χ1v) is 10.3. The number of benzene rings is 2. The van der Waals surface area contributed by atoms with E-state index in [4.69, 9.17) is 4.74 Å². The van der Waals surface area contributed by atoms with E-state index in [1.807, 2.05) is 0 Å². The number of halogens is 1. The van der Waals surface area contributed by atoms with Crippen molar-refractivity contribution >= 4 is 50.9 Å². The lowest BCUT2D eigenvalue weighted by Gasteiger charge is -2.13. The van der Waals surface area contributed by atoms with Gasteiger partial charge in [-0.25, -0.2) is 4.79 Å². The third-order valence-corrected chi connectivity index (χ3v) is 5.69. The summed E-state index contributed by atoms with van der Waals surface area (Å²) in [6.07, 6.45) is 1.61. The Morgan fingerprint density at radius 1 is 1.27 bits per heavy atom. The second kappa shape index (κ2) is 9.61.